The van der Waals surface area contributed by atoms with Gasteiger partial charge in [-0.15, -0.1) is 0 Å². The number of amides is 2. The molecule has 2 amide bonds. The summed E-state index contributed by atoms with van der Waals surface area (Å²) in [5.41, 5.74) is 5.40. The first kappa shape index (κ1) is 23.3. The largest absolute Gasteiger partial charge is 0.608 e. The Morgan fingerprint density at radius 3 is 2.50 bits per heavy atom. The molecule has 1 fully saturated rings. The third-order valence-corrected chi connectivity index (χ3v) is 8.81. The number of aromatic nitrogens is 2. The fourth-order valence-corrected chi connectivity index (χ4v) is 7.01. The zero-order valence-electron chi connectivity index (χ0n) is 19.5. The van der Waals surface area contributed by atoms with E-state index in [0.29, 0.717) is 25.1 Å². The lowest BCUT2D eigenvalue weighted by molar-refractivity contribution is -0.604. The normalized spacial score (nSPS) is 22.8. The Balaban J connectivity index is 1.46. The van der Waals surface area contributed by atoms with Crippen LogP contribution < -0.4 is 14.1 Å². The molecule has 1 aromatic carbocycles. The summed E-state index contributed by atoms with van der Waals surface area (Å²) >= 11 is 0. The van der Waals surface area contributed by atoms with E-state index >= 15 is 0 Å². The number of urea groups is 1. The second kappa shape index (κ2) is 8.95. The molecular weight excluding hydrogens is 458 g/mol. The molecule has 11 heteroatoms. The van der Waals surface area contributed by atoms with Crippen LogP contribution in [-0.2, 0) is 47.7 Å². The van der Waals surface area contributed by atoms with E-state index in [1.165, 1.54) is 22.0 Å². The van der Waals surface area contributed by atoms with Crippen LogP contribution in [0.3, 0.4) is 0 Å². The van der Waals surface area contributed by atoms with Crippen LogP contribution >= 0.6 is 0 Å². The van der Waals surface area contributed by atoms with Crippen LogP contribution in [0.4, 0.5) is 16.2 Å². The predicted molar refractivity (Wildman–Crippen MR) is 127 cm³/mol. The molecule has 3 atom stereocenters. The number of carbonyl (C=O) groups excluding carboxylic acids is 1. The van der Waals surface area contributed by atoms with Crippen LogP contribution in [0.5, 0.6) is 0 Å². The Labute approximate surface area is 199 Å². The van der Waals surface area contributed by atoms with Crippen LogP contribution in [0.2, 0.25) is 0 Å². The fourth-order valence-electron chi connectivity index (χ4n) is 5.59. The van der Waals surface area contributed by atoms with Crippen molar-refractivity contribution in [1.29, 1.82) is 0 Å². The lowest BCUT2D eigenvalue weighted by Crippen LogP contribution is -3.14. The van der Waals surface area contributed by atoms with E-state index in [-0.39, 0.29) is 11.8 Å². The number of fused-ring (bicyclic) bond motifs is 2. The molecule has 0 saturated carbocycles. The number of ether oxygens (including phenoxy) is 1. The maximum absolute atomic E-state index is 13.6. The molecule has 2 N–H and O–H groups in total. The fraction of sp³-hybridized carbons (Fsp3) is 0.565. The zero-order valence-corrected chi connectivity index (χ0v) is 20.4. The van der Waals surface area contributed by atoms with Crippen molar-refractivity contribution in [3.05, 3.63) is 45.9 Å². The second-order valence-corrected chi connectivity index (χ2v) is 11.2. The lowest BCUT2D eigenvalue weighted by atomic mass is 9.99. The van der Waals surface area contributed by atoms with E-state index < -0.39 is 26.8 Å². The first-order valence-corrected chi connectivity index (χ1v) is 13.4. The van der Waals surface area contributed by atoms with Crippen molar-refractivity contribution in [3.63, 3.8) is 0 Å². The van der Waals surface area contributed by atoms with Gasteiger partial charge in [0.15, 0.2) is 0 Å². The Morgan fingerprint density at radius 2 is 1.91 bits per heavy atom. The van der Waals surface area contributed by atoms with Crippen molar-refractivity contribution in [2.24, 2.45) is 7.05 Å². The SMILES string of the molecule is C[C@@H]1C[C@@H](N(c2cnn(C)c2)S(=O)(=O)[NH+]([O-])C(=O)Nc2c3c(cc4c2CCC4)CCC3)CCO1. The summed E-state index contributed by atoms with van der Waals surface area (Å²) in [6, 6.07) is 0.610. The summed E-state index contributed by atoms with van der Waals surface area (Å²) in [6.45, 7) is 2.24. The van der Waals surface area contributed by atoms with Crippen molar-refractivity contribution in [2.75, 3.05) is 16.2 Å². The maximum Gasteiger partial charge on any atom is 0.436 e. The van der Waals surface area contributed by atoms with Gasteiger partial charge >= 0.3 is 16.2 Å². The molecule has 34 heavy (non-hydrogen) atoms. The molecule has 0 radical (unpaired) electrons. The van der Waals surface area contributed by atoms with Gasteiger partial charge in [0.25, 0.3) is 0 Å². The highest BCUT2D eigenvalue weighted by molar-refractivity contribution is 7.86. The molecule has 1 aliphatic heterocycles. The molecule has 2 aromatic rings. The molecule has 5 rings (SSSR count). The van der Waals surface area contributed by atoms with Gasteiger partial charge < -0.3 is 9.94 Å². The molecule has 2 heterocycles. The van der Waals surface area contributed by atoms with E-state index in [2.05, 4.69) is 16.5 Å². The molecule has 1 unspecified atom stereocenters. The molecule has 1 saturated heterocycles. The van der Waals surface area contributed by atoms with Gasteiger partial charge in [-0.05, 0) is 80.5 Å². The number of aryl methyl sites for hydroxylation is 3. The number of rotatable bonds is 5. The zero-order chi connectivity index (χ0) is 24.0. The molecule has 2 aliphatic carbocycles. The minimum atomic E-state index is -4.64. The van der Waals surface area contributed by atoms with Crippen molar-refractivity contribution >= 4 is 27.6 Å². The minimum absolute atomic E-state index is 0.161. The summed E-state index contributed by atoms with van der Waals surface area (Å²) in [5, 5.41) is 20.0. The van der Waals surface area contributed by atoms with Crippen LogP contribution in [0.1, 0.15) is 54.9 Å². The number of hydrogen-bond donors (Lipinski definition) is 2. The number of hydrogen-bond acceptors (Lipinski definition) is 6. The van der Waals surface area contributed by atoms with E-state index in [0.717, 1.165) is 54.0 Å². The van der Waals surface area contributed by atoms with Crippen molar-refractivity contribution in [1.82, 2.24) is 9.78 Å². The smallest absolute Gasteiger partial charge is 0.436 e. The van der Waals surface area contributed by atoms with E-state index in [1.807, 2.05) is 6.92 Å². The number of quaternary nitrogens is 1. The van der Waals surface area contributed by atoms with Gasteiger partial charge in [0.05, 0.1) is 29.7 Å². The van der Waals surface area contributed by atoms with Gasteiger partial charge in [-0.2, -0.15) is 18.0 Å². The molecule has 0 bridgehead atoms. The van der Waals surface area contributed by atoms with Crippen LogP contribution in [0, 0.1) is 5.21 Å². The average molecular weight is 490 g/mol. The molecule has 1 aromatic heterocycles. The highest BCUT2D eigenvalue weighted by atomic mass is 32.2. The van der Waals surface area contributed by atoms with Crippen molar-refractivity contribution in [3.8, 4) is 0 Å². The minimum Gasteiger partial charge on any atom is -0.608 e. The molecule has 184 valence electrons. The number of hydroxylamine groups is 1. The Bertz CT molecular complexity index is 1180. The Kier molecular flexibility index (Phi) is 6.13. The number of nitrogens with one attached hydrogen (secondary N) is 2. The topological polar surface area (TPSA) is 121 Å². The van der Waals surface area contributed by atoms with Crippen LogP contribution in [0.15, 0.2) is 18.5 Å². The van der Waals surface area contributed by atoms with Gasteiger partial charge in [0.1, 0.15) is 0 Å². The number of nitrogens with zero attached hydrogens (tertiary/aromatic N) is 3. The molecule has 3 aliphatic rings. The van der Waals surface area contributed by atoms with Gasteiger partial charge in [-0.1, -0.05) is 6.07 Å². The predicted octanol–water partition coefficient (Wildman–Crippen LogP) is 1.63. The second-order valence-electron chi connectivity index (χ2n) is 9.51. The lowest BCUT2D eigenvalue weighted by Gasteiger charge is -2.37. The average Bonchev–Trinajstić information content (AvgIpc) is 3.54. The third-order valence-electron chi connectivity index (χ3n) is 7.13. The van der Waals surface area contributed by atoms with Gasteiger partial charge in [0, 0.05) is 19.9 Å². The monoisotopic (exact) mass is 489 g/mol. The Hall–Kier alpha value is -2.47. The molecule has 10 nitrogen and oxygen atoms in total. The van der Waals surface area contributed by atoms with Crippen LogP contribution in [-0.4, -0.2) is 43.0 Å². The van der Waals surface area contributed by atoms with E-state index in [1.54, 1.807) is 13.2 Å². The molecular formula is C23H31N5O5S. The first-order chi connectivity index (χ1) is 16.3. The summed E-state index contributed by atoms with van der Waals surface area (Å²) in [7, 11) is -2.97. The highest BCUT2D eigenvalue weighted by Gasteiger charge is 2.41. The van der Waals surface area contributed by atoms with Gasteiger partial charge in [0.2, 0.25) is 0 Å². The van der Waals surface area contributed by atoms with Crippen LogP contribution in [0.25, 0.3) is 0 Å². The van der Waals surface area contributed by atoms with Crippen molar-refractivity contribution in [2.45, 2.75) is 70.4 Å². The number of benzene rings is 1. The summed E-state index contributed by atoms with van der Waals surface area (Å²) in [6.07, 6.45) is 9.13. The maximum atomic E-state index is 13.6. The summed E-state index contributed by atoms with van der Waals surface area (Å²) in [4.78, 5) is 13.1. The van der Waals surface area contributed by atoms with E-state index in [4.69, 9.17) is 4.74 Å². The Morgan fingerprint density at radius 1 is 1.24 bits per heavy atom. The van der Waals surface area contributed by atoms with Gasteiger partial charge in [-0.3, -0.25) is 10.00 Å². The van der Waals surface area contributed by atoms with Crippen molar-refractivity contribution < 1.29 is 22.4 Å². The number of carbonyl (C=O) groups is 1. The molecule has 0 spiro atoms. The standard InChI is InChI=1S/C23H31N5O5S/c1-15-11-18(9-10-33-15)27(19-13-24-26(2)14-19)34(31,32)28(30)23(29)25-22-20-7-3-5-16(20)12-17-6-4-8-21(17)22/h12-15,18,28H,3-11H2,1-2H3,(H,25,29)/t15-,18+/m1/s1. The van der Waals surface area contributed by atoms with Gasteiger partial charge in [-0.25, -0.2) is 9.10 Å². The highest BCUT2D eigenvalue weighted by Crippen LogP contribution is 2.38. The quantitative estimate of drug-likeness (QED) is 0.616. The third kappa shape index (κ3) is 4.10. The summed E-state index contributed by atoms with van der Waals surface area (Å²) < 4.78 is 33.8. The first-order valence-electron chi connectivity index (χ1n) is 11.9. The van der Waals surface area contributed by atoms with E-state index in [9.17, 15) is 18.4 Å². The number of anilines is 2. The summed E-state index contributed by atoms with van der Waals surface area (Å²) in [5.74, 6) is 0.